The fourth-order valence-corrected chi connectivity index (χ4v) is 3.66. The van der Waals surface area contributed by atoms with E-state index >= 15 is 0 Å². The highest BCUT2D eigenvalue weighted by molar-refractivity contribution is 7.98. The topological polar surface area (TPSA) is 56.7 Å². The Hall–Kier alpha value is -2.29. The molecule has 3 aromatic rings. The molecule has 29 heavy (non-hydrogen) atoms. The summed E-state index contributed by atoms with van der Waals surface area (Å²) in [5.74, 6) is 3.01. The standard InChI is InChI=1S/C20H21F3N4OS/c1-11-4-7-14(20(21,22)23)10-15(11)27-19(24-16(25-27)8-9-29-3)17-12(2)18(28-26-17)13-5-6-13/h4,7,10,13H,5-6,8-9H2,1-3H3. The van der Waals surface area contributed by atoms with Crippen molar-refractivity contribution in [3.05, 3.63) is 46.5 Å². The van der Waals surface area contributed by atoms with Gasteiger partial charge in [0.15, 0.2) is 17.3 Å². The summed E-state index contributed by atoms with van der Waals surface area (Å²) in [6.07, 6.45) is 0.291. The molecule has 1 fully saturated rings. The summed E-state index contributed by atoms with van der Waals surface area (Å²) < 4.78 is 46.9. The fraction of sp³-hybridized carbons (Fsp3) is 0.450. The Labute approximate surface area is 170 Å². The molecule has 0 atom stereocenters. The summed E-state index contributed by atoms with van der Waals surface area (Å²) in [7, 11) is 0. The zero-order chi connectivity index (χ0) is 20.8. The summed E-state index contributed by atoms with van der Waals surface area (Å²) >= 11 is 1.66. The molecule has 0 bridgehead atoms. The number of halogens is 3. The van der Waals surface area contributed by atoms with Crippen LogP contribution in [-0.2, 0) is 12.6 Å². The molecule has 1 aliphatic rings. The van der Waals surface area contributed by atoms with Gasteiger partial charge >= 0.3 is 6.18 Å². The van der Waals surface area contributed by atoms with Crippen molar-refractivity contribution in [2.24, 2.45) is 0 Å². The number of nitrogens with zero attached hydrogens (tertiary/aromatic N) is 4. The Kier molecular flexibility index (Phi) is 5.18. The summed E-state index contributed by atoms with van der Waals surface area (Å²) in [5, 5.41) is 8.73. The Morgan fingerprint density at radius 1 is 1.24 bits per heavy atom. The first-order chi connectivity index (χ1) is 13.8. The van der Waals surface area contributed by atoms with Crippen LogP contribution in [0.5, 0.6) is 0 Å². The molecule has 0 radical (unpaired) electrons. The number of alkyl halides is 3. The molecule has 5 nitrogen and oxygen atoms in total. The maximum atomic E-state index is 13.3. The molecule has 9 heteroatoms. The average Bonchev–Trinajstić information content (AvgIpc) is 3.31. The molecule has 0 aliphatic heterocycles. The third-order valence-corrected chi connectivity index (χ3v) is 5.68. The number of hydrogen-bond donors (Lipinski definition) is 0. The van der Waals surface area contributed by atoms with E-state index < -0.39 is 11.7 Å². The number of rotatable bonds is 6. The largest absolute Gasteiger partial charge is 0.416 e. The van der Waals surface area contributed by atoms with Crippen LogP contribution >= 0.6 is 11.8 Å². The van der Waals surface area contributed by atoms with Crippen LogP contribution in [0, 0.1) is 13.8 Å². The Balaban J connectivity index is 1.86. The van der Waals surface area contributed by atoms with E-state index in [0.29, 0.717) is 40.9 Å². The minimum atomic E-state index is -4.44. The maximum absolute atomic E-state index is 13.3. The number of thioether (sulfide) groups is 1. The van der Waals surface area contributed by atoms with Crippen molar-refractivity contribution in [1.82, 2.24) is 19.9 Å². The van der Waals surface area contributed by atoms with E-state index in [4.69, 9.17) is 4.52 Å². The fourth-order valence-electron chi connectivity index (χ4n) is 3.27. The van der Waals surface area contributed by atoms with E-state index in [-0.39, 0.29) is 0 Å². The molecule has 1 aromatic carbocycles. The zero-order valence-electron chi connectivity index (χ0n) is 16.4. The SMILES string of the molecule is CSCCc1nc(-c2noc(C3CC3)c2C)n(-c2cc(C(F)(F)F)ccc2C)n1. The molecule has 1 saturated carbocycles. The van der Waals surface area contributed by atoms with Crippen LogP contribution in [0.2, 0.25) is 0 Å². The molecule has 154 valence electrons. The van der Waals surface area contributed by atoms with Gasteiger partial charge in [0, 0.05) is 23.7 Å². The summed E-state index contributed by atoms with van der Waals surface area (Å²) in [4.78, 5) is 4.62. The van der Waals surface area contributed by atoms with E-state index in [0.717, 1.165) is 42.1 Å². The molecule has 0 amide bonds. The molecule has 2 aromatic heterocycles. The van der Waals surface area contributed by atoms with Gasteiger partial charge in [-0.05, 0) is 50.6 Å². The highest BCUT2D eigenvalue weighted by Gasteiger charge is 2.34. The molecule has 1 aliphatic carbocycles. The quantitative estimate of drug-likeness (QED) is 0.537. The monoisotopic (exact) mass is 422 g/mol. The Morgan fingerprint density at radius 2 is 2.00 bits per heavy atom. The van der Waals surface area contributed by atoms with E-state index in [1.807, 2.05) is 13.2 Å². The molecule has 2 heterocycles. The van der Waals surface area contributed by atoms with Crippen molar-refractivity contribution in [3.8, 4) is 17.2 Å². The lowest BCUT2D eigenvalue weighted by atomic mass is 10.1. The van der Waals surface area contributed by atoms with Crippen LogP contribution in [0.3, 0.4) is 0 Å². The summed E-state index contributed by atoms with van der Waals surface area (Å²) in [6.45, 7) is 3.67. The lowest BCUT2D eigenvalue weighted by Gasteiger charge is -2.12. The Bertz CT molecular complexity index is 1040. The first-order valence-electron chi connectivity index (χ1n) is 9.39. The molecule has 0 unspecified atom stereocenters. The van der Waals surface area contributed by atoms with Crippen LogP contribution in [0.25, 0.3) is 17.2 Å². The summed E-state index contributed by atoms with van der Waals surface area (Å²) in [5.41, 5.74) is 1.70. The van der Waals surface area contributed by atoms with E-state index in [1.165, 1.54) is 10.7 Å². The van der Waals surface area contributed by atoms with E-state index in [9.17, 15) is 13.2 Å². The van der Waals surface area contributed by atoms with Gasteiger partial charge in [0.1, 0.15) is 5.76 Å². The average molecular weight is 422 g/mol. The Morgan fingerprint density at radius 3 is 2.66 bits per heavy atom. The normalized spacial score (nSPS) is 14.6. The van der Waals surface area contributed by atoms with Crippen LogP contribution in [0.1, 0.15) is 47.0 Å². The second-order valence-electron chi connectivity index (χ2n) is 7.30. The minimum absolute atomic E-state index is 0.341. The van der Waals surface area contributed by atoms with Crippen molar-refractivity contribution >= 4 is 11.8 Å². The number of hydrogen-bond acceptors (Lipinski definition) is 5. The van der Waals surface area contributed by atoms with Gasteiger partial charge in [0.2, 0.25) is 0 Å². The van der Waals surface area contributed by atoms with Gasteiger partial charge in [-0.1, -0.05) is 11.2 Å². The number of aryl methyl sites for hydroxylation is 2. The van der Waals surface area contributed by atoms with Crippen LogP contribution in [-0.4, -0.2) is 31.9 Å². The van der Waals surface area contributed by atoms with Crippen LogP contribution < -0.4 is 0 Å². The van der Waals surface area contributed by atoms with Gasteiger partial charge in [-0.2, -0.15) is 30.0 Å². The lowest BCUT2D eigenvalue weighted by Crippen LogP contribution is -2.09. The second kappa shape index (κ2) is 7.51. The predicted octanol–water partition coefficient (Wildman–Crippen LogP) is 5.34. The smallest absolute Gasteiger partial charge is 0.360 e. The molecule has 0 spiro atoms. The molecule has 0 N–H and O–H groups in total. The van der Waals surface area contributed by atoms with Gasteiger partial charge < -0.3 is 4.52 Å². The molecular weight excluding hydrogens is 401 g/mol. The van der Waals surface area contributed by atoms with Crippen LogP contribution in [0.15, 0.2) is 22.7 Å². The van der Waals surface area contributed by atoms with Gasteiger partial charge in [0.25, 0.3) is 0 Å². The maximum Gasteiger partial charge on any atom is 0.416 e. The summed E-state index contributed by atoms with van der Waals surface area (Å²) in [6, 6.07) is 3.65. The van der Waals surface area contributed by atoms with Gasteiger partial charge in [-0.3, -0.25) is 0 Å². The van der Waals surface area contributed by atoms with Crippen LogP contribution in [0.4, 0.5) is 13.2 Å². The van der Waals surface area contributed by atoms with E-state index in [1.54, 1.807) is 18.7 Å². The van der Waals surface area contributed by atoms with Crippen molar-refractivity contribution in [2.45, 2.75) is 45.2 Å². The van der Waals surface area contributed by atoms with Crippen molar-refractivity contribution in [1.29, 1.82) is 0 Å². The highest BCUT2D eigenvalue weighted by Crippen LogP contribution is 2.43. The first-order valence-corrected chi connectivity index (χ1v) is 10.8. The van der Waals surface area contributed by atoms with Crippen molar-refractivity contribution < 1.29 is 17.7 Å². The van der Waals surface area contributed by atoms with E-state index in [2.05, 4.69) is 15.2 Å². The molecule has 4 rings (SSSR count). The zero-order valence-corrected chi connectivity index (χ0v) is 17.2. The first kappa shape index (κ1) is 20.0. The molecule has 0 saturated heterocycles. The van der Waals surface area contributed by atoms with Crippen molar-refractivity contribution in [3.63, 3.8) is 0 Å². The predicted molar refractivity (Wildman–Crippen MR) is 105 cm³/mol. The minimum Gasteiger partial charge on any atom is -0.360 e. The lowest BCUT2D eigenvalue weighted by molar-refractivity contribution is -0.137. The second-order valence-corrected chi connectivity index (χ2v) is 8.29. The third-order valence-electron chi connectivity index (χ3n) is 5.07. The third kappa shape index (κ3) is 3.92. The van der Waals surface area contributed by atoms with Gasteiger partial charge in [-0.25, -0.2) is 9.67 Å². The number of benzene rings is 1. The molecular formula is C20H21F3N4OS. The van der Waals surface area contributed by atoms with Crippen molar-refractivity contribution in [2.75, 3.05) is 12.0 Å². The highest BCUT2D eigenvalue weighted by atomic mass is 32.2. The van der Waals surface area contributed by atoms with Gasteiger partial charge in [-0.15, -0.1) is 0 Å². The number of aromatic nitrogens is 4. The van der Waals surface area contributed by atoms with Gasteiger partial charge in [0.05, 0.1) is 11.3 Å².